The molecule has 0 amide bonds. The van der Waals surface area contributed by atoms with Crippen LogP contribution in [0.2, 0.25) is 0 Å². The van der Waals surface area contributed by atoms with Crippen LogP contribution in [-0.2, 0) is 32.7 Å². The van der Waals surface area contributed by atoms with E-state index in [-0.39, 0.29) is 26.1 Å². The summed E-state index contributed by atoms with van der Waals surface area (Å²) >= 11 is 0. The van der Waals surface area contributed by atoms with Crippen LogP contribution in [0.5, 0.6) is 0 Å². The molecule has 0 aromatic heterocycles. The standard InChI is InChI=1S/C72H112NO8P/c1-6-8-10-12-14-16-18-20-22-24-25-26-27-28-29-30-31-32-33-34-35-36-37-38-39-40-41-42-43-44-45-46-47-49-51-53-55-57-59-61-63-65-72(75)81-70(69-80-82(76,77)79-67-66-73(3,4)5)68-78-71(74)64-62-60-58-56-54-52-50-48-23-21-19-17-15-13-11-9-7-2/h8-11,14-17,20-23,25-26,28-29,31-32,34-35,37-38,40-41,43-44,46-47,50-53,70H,6-7,12-13,18-19,24,27,30,33,36,39,42,45,48-49,54-69H2,1-5H3/p+1/b10-8-,11-9-,16-14-,17-15-,22-20-,23-21-,26-25-,29-28-,32-31-,35-34-,38-37-,41-40-,44-43-,47-46-,52-50-,53-51-. The van der Waals surface area contributed by atoms with Gasteiger partial charge in [-0.25, -0.2) is 4.57 Å². The maximum atomic E-state index is 12.8. The summed E-state index contributed by atoms with van der Waals surface area (Å²) in [6.45, 7) is 4.10. The van der Waals surface area contributed by atoms with Crippen molar-refractivity contribution in [1.29, 1.82) is 0 Å². The van der Waals surface area contributed by atoms with Gasteiger partial charge >= 0.3 is 19.8 Å². The van der Waals surface area contributed by atoms with E-state index in [2.05, 4.69) is 208 Å². The van der Waals surface area contributed by atoms with E-state index in [1.54, 1.807) is 0 Å². The van der Waals surface area contributed by atoms with E-state index in [9.17, 15) is 19.0 Å². The van der Waals surface area contributed by atoms with Crippen molar-refractivity contribution in [2.75, 3.05) is 47.5 Å². The van der Waals surface area contributed by atoms with Gasteiger partial charge in [0.05, 0.1) is 27.7 Å². The summed E-state index contributed by atoms with van der Waals surface area (Å²) in [6.07, 6.45) is 95.2. The molecular formula is C72H113NO8P+. The van der Waals surface area contributed by atoms with Crippen molar-refractivity contribution in [3.05, 3.63) is 194 Å². The number of phosphoric acid groups is 1. The van der Waals surface area contributed by atoms with Crippen LogP contribution in [0.25, 0.3) is 0 Å². The number of allylic oxidation sites excluding steroid dienone is 32. The minimum Gasteiger partial charge on any atom is -0.462 e. The first-order valence-corrected chi connectivity index (χ1v) is 32.7. The highest BCUT2D eigenvalue weighted by Crippen LogP contribution is 2.43. The summed E-state index contributed by atoms with van der Waals surface area (Å²) in [5.74, 6) is -0.873. The SMILES string of the molecule is CC/C=C\C/C=C\C/C=C\C/C=C\C/C=C\C/C=C\C/C=C\C/C=C\C/C=C\C/C=C\C/C=C\C/C=C\CCCCCCC(=O)OC(COC(=O)CCCCCC/C=C\C/C=C\C/C=C\C/C=C\CC)COP(=O)(O)OCC[N+](C)(C)C. The Morgan fingerprint density at radius 2 is 0.659 bits per heavy atom. The molecule has 9 nitrogen and oxygen atoms in total. The van der Waals surface area contributed by atoms with E-state index in [1.807, 2.05) is 21.1 Å². The molecule has 2 atom stereocenters. The van der Waals surface area contributed by atoms with Crippen LogP contribution in [-0.4, -0.2) is 74.9 Å². The largest absolute Gasteiger partial charge is 0.472 e. The molecule has 0 aromatic carbocycles. The molecule has 0 spiro atoms. The summed E-state index contributed by atoms with van der Waals surface area (Å²) in [7, 11) is 1.41. The van der Waals surface area contributed by atoms with Crippen molar-refractivity contribution in [2.45, 2.75) is 200 Å². The maximum Gasteiger partial charge on any atom is 0.472 e. The van der Waals surface area contributed by atoms with E-state index in [0.29, 0.717) is 23.9 Å². The number of hydrogen-bond donors (Lipinski definition) is 1. The normalized spacial score (nSPS) is 14.6. The molecule has 0 fully saturated rings. The van der Waals surface area contributed by atoms with Crippen LogP contribution in [0.3, 0.4) is 0 Å². The van der Waals surface area contributed by atoms with Crippen LogP contribution in [0.15, 0.2) is 194 Å². The van der Waals surface area contributed by atoms with Crippen molar-refractivity contribution >= 4 is 19.8 Å². The molecule has 0 heterocycles. The number of quaternary nitrogens is 1. The molecule has 1 N–H and O–H groups in total. The predicted molar refractivity (Wildman–Crippen MR) is 352 cm³/mol. The van der Waals surface area contributed by atoms with Crippen LogP contribution in [0.4, 0.5) is 0 Å². The summed E-state index contributed by atoms with van der Waals surface area (Å²) in [5, 5.41) is 0. The highest BCUT2D eigenvalue weighted by atomic mass is 31.2. The smallest absolute Gasteiger partial charge is 0.462 e. The zero-order valence-corrected chi connectivity index (χ0v) is 52.8. The van der Waals surface area contributed by atoms with Gasteiger partial charge in [-0.05, 0) is 141 Å². The lowest BCUT2D eigenvalue weighted by Gasteiger charge is -2.24. The van der Waals surface area contributed by atoms with Gasteiger partial charge in [-0.2, -0.15) is 0 Å². The zero-order chi connectivity index (χ0) is 59.8. The van der Waals surface area contributed by atoms with Gasteiger partial charge < -0.3 is 18.9 Å². The van der Waals surface area contributed by atoms with Crippen LogP contribution in [0.1, 0.15) is 194 Å². The first-order valence-electron chi connectivity index (χ1n) is 31.2. The van der Waals surface area contributed by atoms with Gasteiger partial charge in [0.1, 0.15) is 19.8 Å². The lowest BCUT2D eigenvalue weighted by atomic mass is 10.1. The molecule has 10 heteroatoms. The monoisotopic (exact) mass is 1150 g/mol. The molecule has 0 aliphatic heterocycles. The van der Waals surface area contributed by atoms with E-state index >= 15 is 0 Å². The van der Waals surface area contributed by atoms with Gasteiger partial charge in [0.25, 0.3) is 0 Å². The fourth-order valence-corrected chi connectivity index (χ4v) is 8.14. The van der Waals surface area contributed by atoms with Gasteiger partial charge in [0.2, 0.25) is 0 Å². The Hall–Kier alpha value is -5.15. The van der Waals surface area contributed by atoms with Gasteiger partial charge in [-0.3, -0.25) is 18.6 Å². The van der Waals surface area contributed by atoms with Crippen LogP contribution >= 0.6 is 7.82 Å². The third-order valence-corrected chi connectivity index (χ3v) is 13.1. The number of carbonyl (C=O) groups excluding carboxylic acids is 2. The quantitative estimate of drug-likeness (QED) is 0.0211. The number of unbranched alkanes of at least 4 members (excludes halogenated alkanes) is 8. The Labute approximate surface area is 501 Å². The number of esters is 2. The van der Waals surface area contributed by atoms with E-state index < -0.39 is 32.5 Å². The van der Waals surface area contributed by atoms with Crippen molar-refractivity contribution in [3.8, 4) is 0 Å². The minimum atomic E-state index is -4.41. The third-order valence-electron chi connectivity index (χ3n) is 12.1. The molecule has 0 aliphatic rings. The number of phosphoric ester groups is 1. The fourth-order valence-electron chi connectivity index (χ4n) is 7.40. The number of hydrogen-bond acceptors (Lipinski definition) is 7. The lowest BCUT2D eigenvalue weighted by Crippen LogP contribution is -2.37. The van der Waals surface area contributed by atoms with Crippen LogP contribution < -0.4 is 0 Å². The van der Waals surface area contributed by atoms with Gasteiger partial charge in [-0.1, -0.05) is 234 Å². The van der Waals surface area contributed by atoms with E-state index in [4.69, 9.17) is 18.5 Å². The second-order valence-corrected chi connectivity index (χ2v) is 22.4. The number of carbonyl (C=O) groups is 2. The third kappa shape index (κ3) is 64.0. The first-order chi connectivity index (χ1) is 40.0. The number of nitrogens with zero attached hydrogens (tertiary/aromatic N) is 1. The molecule has 82 heavy (non-hydrogen) atoms. The summed E-state index contributed by atoms with van der Waals surface area (Å²) in [6, 6.07) is 0. The number of ether oxygens (including phenoxy) is 2. The minimum absolute atomic E-state index is 0.0107. The number of likely N-dealkylation sites (N-methyl/N-ethyl adjacent to an activating group) is 1. The Kier molecular flexibility index (Phi) is 56.6. The molecule has 0 rings (SSSR count). The Morgan fingerprint density at radius 3 is 0.963 bits per heavy atom. The van der Waals surface area contributed by atoms with Crippen molar-refractivity contribution in [3.63, 3.8) is 0 Å². The first kappa shape index (κ1) is 76.9. The van der Waals surface area contributed by atoms with Crippen molar-refractivity contribution < 1.29 is 42.1 Å². The number of rotatable bonds is 54. The molecule has 0 saturated heterocycles. The second kappa shape index (κ2) is 60.4. The van der Waals surface area contributed by atoms with Crippen molar-refractivity contribution in [1.82, 2.24) is 0 Å². The molecule has 0 aliphatic carbocycles. The molecule has 0 bridgehead atoms. The summed E-state index contributed by atoms with van der Waals surface area (Å²) in [4.78, 5) is 35.7. The average molecular weight is 1150 g/mol. The Morgan fingerprint density at radius 1 is 0.378 bits per heavy atom. The molecule has 2 unspecified atom stereocenters. The van der Waals surface area contributed by atoms with Gasteiger partial charge in [0.15, 0.2) is 6.10 Å². The topological polar surface area (TPSA) is 108 Å². The van der Waals surface area contributed by atoms with E-state index in [1.165, 1.54) is 0 Å². The maximum absolute atomic E-state index is 12.8. The fraction of sp³-hybridized carbons (Fsp3) is 0.528. The average Bonchev–Trinajstić information content (AvgIpc) is 3.45. The molecule has 0 radical (unpaired) electrons. The second-order valence-electron chi connectivity index (χ2n) is 21.0. The van der Waals surface area contributed by atoms with Crippen LogP contribution in [0, 0.1) is 0 Å². The van der Waals surface area contributed by atoms with Gasteiger partial charge in [0, 0.05) is 12.8 Å². The molecule has 0 aromatic rings. The Bertz CT molecular complexity index is 2080. The Balaban J connectivity index is 4.24. The summed E-state index contributed by atoms with van der Waals surface area (Å²) in [5.41, 5.74) is 0. The zero-order valence-electron chi connectivity index (χ0n) is 51.9. The highest BCUT2D eigenvalue weighted by Gasteiger charge is 2.27. The summed E-state index contributed by atoms with van der Waals surface area (Å²) < 4.78 is 34.5. The molecular weight excluding hydrogens is 1040 g/mol. The lowest BCUT2D eigenvalue weighted by molar-refractivity contribution is -0.870. The van der Waals surface area contributed by atoms with Crippen molar-refractivity contribution in [2.24, 2.45) is 0 Å². The molecule has 458 valence electrons. The highest BCUT2D eigenvalue weighted by molar-refractivity contribution is 7.47. The van der Waals surface area contributed by atoms with E-state index in [0.717, 1.165) is 154 Å². The van der Waals surface area contributed by atoms with Gasteiger partial charge in [-0.15, -0.1) is 0 Å². The molecule has 0 saturated carbocycles. The predicted octanol–water partition coefficient (Wildman–Crippen LogP) is 20.1.